The molecule has 0 bridgehead atoms. The molecule has 98 valence electrons. The van der Waals surface area contributed by atoms with Gasteiger partial charge in [0.2, 0.25) is 0 Å². The number of nitrogen functional groups attached to an aromatic ring is 1. The molecule has 19 heavy (non-hydrogen) atoms. The Hall–Kier alpha value is -2.36. The van der Waals surface area contributed by atoms with Gasteiger partial charge in [0.15, 0.2) is 0 Å². The first-order valence-corrected chi connectivity index (χ1v) is 6.23. The maximum absolute atomic E-state index is 7.43. The van der Waals surface area contributed by atoms with Crippen LogP contribution in [0.15, 0.2) is 48.7 Å². The van der Waals surface area contributed by atoms with E-state index in [-0.39, 0.29) is 5.84 Å². The quantitative estimate of drug-likeness (QED) is 0.473. The van der Waals surface area contributed by atoms with E-state index in [4.69, 9.17) is 15.9 Å². The summed E-state index contributed by atoms with van der Waals surface area (Å²) < 4.78 is 5.64. The maximum Gasteiger partial charge on any atom is 0.148 e. The highest BCUT2D eigenvalue weighted by molar-refractivity contribution is 5.95. The molecular weight excluding hydrogens is 238 g/mol. The predicted molar refractivity (Wildman–Crippen MR) is 75.5 cm³/mol. The second-order valence-corrected chi connectivity index (χ2v) is 4.20. The van der Waals surface area contributed by atoms with Crippen molar-refractivity contribution in [2.24, 2.45) is 5.73 Å². The monoisotopic (exact) mass is 255 g/mol. The van der Waals surface area contributed by atoms with Crippen molar-refractivity contribution in [3.05, 3.63) is 59.9 Å². The highest BCUT2D eigenvalue weighted by Crippen LogP contribution is 2.15. The summed E-state index contributed by atoms with van der Waals surface area (Å²) in [5.74, 6) is 0.502. The molecule has 0 aliphatic rings. The smallest absolute Gasteiger partial charge is 0.148 e. The molecule has 1 aromatic carbocycles. The average Bonchev–Trinajstić information content (AvgIpc) is 2.45. The molecule has 2 rings (SSSR count). The molecule has 0 radical (unpaired) electrons. The first-order valence-electron chi connectivity index (χ1n) is 6.23. The van der Waals surface area contributed by atoms with Gasteiger partial charge in [-0.2, -0.15) is 0 Å². The second kappa shape index (κ2) is 6.54. The van der Waals surface area contributed by atoms with Gasteiger partial charge in [0.05, 0.1) is 6.61 Å². The Kier molecular flexibility index (Phi) is 4.50. The van der Waals surface area contributed by atoms with E-state index >= 15 is 0 Å². The number of pyridine rings is 1. The molecule has 4 nitrogen and oxygen atoms in total. The number of aryl methyl sites for hydroxylation is 1. The normalized spacial score (nSPS) is 10.1. The van der Waals surface area contributed by atoms with Crippen molar-refractivity contribution in [3.8, 4) is 5.75 Å². The van der Waals surface area contributed by atoms with Crippen LogP contribution in [0.2, 0.25) is 0 Å². The number of nitrogens with one attached hydrogen (secondary N) is 1. The van der Waals surface area contributed by atoms with Crippen molar-refractivity contribution in [3.63, 3.8) is 0 Å². The van der Waals surface area contributed by atoms with Crippen molar-refractivity contribution < 1.29 is 4.74 Å². The van der Waals surface area contributed by atoms with Gasteiger partial charge in [-0.05, 0) is 30.5 Å². The first kappa shape index (κ1) is 13.1. The fraction of sp³-hybridized carbons (Fsp3) is 0.200. The molecule has 1 aromatic heterocycles. The Morgan fingerprint density at radius 1 is 1.16 bits per heavy atom. The third kappa shape index (κ3) is 3.81. The zero-order chi connectivity index (χ0) is 13.5. The number of ether oxygens (including phenoxy) is 1. The van der Waals surface area contributed by atoms with Crippen LogP contribution in [-0.2, 0) is 6.42 Å². The lowest BCUT2D eigenvalue weighted by Gasteiger charge is -2.09. The summed E-state index contributed by atoms with van der Waals surface area (Å²) in [4.78, 5) is 4.04. The Morgan fingerprint density at radius 2 is 1.95 bits per heavy atom. The van der Waals surface area contributed by atoms with Crippen molar-refractivity contribution in [1.82, 2.24) is 4.98 Å². The van der Waals surface area contributed by atoms with Gasteiger partial charge in [0.1, 0.15) is 17.3 Å². The zero-order valence-electron chi connectivity index (χ0n) is 10.7. The zero-order valence-corrected chi connectivity index (χ0v) is 10.7. The Morgan fingerprint density at radius 3 is 2.68 bits per heavy atom. The predicted octanol–water partition coefficient (Wildman–Crippen LogP) is 2.38. The van der Waals surface area contributed by atoms with Crippen LogP contribution in [0.1, 0.15) is 17.7 Å². The van der Waals surface area contributed by atoms with Gasteiger partial charge in [0.25, 0.3) is 0 Å². The van der Waals surface area contributed by atoms with Crippen LogP contribution in [0, 0.1) is 5.41 Å². The summed E-state index contributed by atoms with van der Waals surface area (Å²) in [7, 11) is 0. The lowest BCUT2D eigenvalue weighted by atomic mass is 10.1. The maximum atomic E-state index is 7.43. The lowest BCUT2D eigenvalue weighted by Crippen LogP contribution is -2.15. The van der Waals surface area contributed by atoms with Crippen LogP contribution < -0.4 is 10.5 Å². The summed E-state index contributed by atoms with van der Waals surface area (Å²) >= 11 is 0. The van der Waals surface area contributed by atoms with Gasteiger partial charge in [-0.25, -0.2) is 4.98 Å². The molecule has 0 aliphatic heterocycles. The van der Waals surface area contributed by atoms with Crippen LogP contribution in [-0.4, -0.2) is 17.4 Å². The second-order valence-electron chi connectivity index (χ2n) is 4.20. The standard InChI is InChI=1S/C15H17N3O/c16-15(17)14-13(9-4-10-18-14)19-11-5-8-12-6-2-1-3-7-12/h1-4,6-7,9-10H,5,8,11H2,(H3,16,17). The van der Waals surface area contributed by atoms with E-state index < -0.39 is 0 Å². The van der Waals surface area contributed by atoms with Gasteiger partial charge in [0, 0.05) is 6.20 Å². The molecule has 0 aliphatic carbocycles. The summed E-state index contributed by atoms with van der Waals surface area (Å²) in [6, 6.07) is 13.8. The van der Waals surface area contributed by atoms with Crippen LogP contribution in [0.3, 0.4) is 0 Å². The lowest BCUT2D eigenvalue weighted by molar-refractivity contribution is 0.309. The van der Waals surface area contributed by atoms with Crippen molar-refractivity contribution in [2.75, 3.05) is 6.61 Å². The van der Waals surface area contributed by atoms with Gasteiger partial charge in [-0.3, -0.25) is 5.41 Å². The van der Waals surface area contributed by atoms with Gasteiger partial charge < -0.3 is 10.5 Å². The number of rotatable bonds is 6. The van der Waals surface area contributed by atoms with Crippen molar-refractivity contribution in [1.29, 1.82) is 5.41 Å². The fourth-order valence-electron chi connectivity index (χ4n) is 1.81. The third-order valence-corrected chi connectivity index (χ3v) is 2.74. The molecule has 3 N–H and O–H groups in total. The Bertz CT molecular complexity index is 540. The van der Waals surface area contributed by atoms with E-state index in [9.17, 15) is 0 Å². The molecule has 0 spiro atoms. The molecule has 0 saturated heterocycles. The average molecular weight is 255 g/mol. The van der Waals surface area contributed by atoms with Crippen LogP contribution in [0.5, 0.6) is 5.75 Å². The number of amidine groups is 1. The Balaban J connectivity index is 1.85. The van der Waals surface area contributed by atoms with E-state index in [1.54, 1.807) is 18.3 Å². The minimum atomic E-state index is -0.0707. The molecule has 1 heterocycles. The number of nitrogens with two attached hydrogens (primary N) is 1. The number of nitrogens with zero attached hydrogens (tertiary/aromatic N) is 1. The van der Waals surface area contributed by atoms with Crippen LogP contribution >= 0.6 is 0 Å². The van der Waals surface area contributed by atoms with Crippen LogP contribution in [0.25, 0.3) is 0 Å². The largest absolute Gasteiger partial charge is 0.491 e. The van der Waals surface area contributed by atoms with E-state index in [0.29, 0.717) is 18.1 Å². The van der Waals surface area contributed by atoms with E-state index in [1.807, 2.05) is 18.2 Å². The number of aromatic nitrogens is 1. The van der Waals surface area contributed by atoms with E-state index in [2.05, 4.69) is 17.1 Å². The molecule has 4 heteroatoms. The minimum Gasteiger partial charge on any atom is -0.491 e. The highest BCUT2D eigenvalue weighted by atomic mass is 16.5. The molecular formula is C15H17N3O. The number of benzene rings is 1. The molecule has 0 atom stereocenters. The van der Waals surface area contributed by atoms with E-state index in [1.165, 1.54) is 5.56 Å². The highest BCUT2D eigenvalue weighted by Gasteiger charge is 2.06. The van der Waals surface area contributed by atoms with E-state index in [0.717, 1.165) is 12.8 Å². The summed E-state index contributed by atoms with van der Waals surface area (Å²) in [6.45, 7) is 0.584. The third-order valence-electron chi connectivity index (χ3n) is 2.74. The topological polar surface area (TPSA) is 72.0 Å². The summed E-state index contributed by atoms with van der Waals surface area (Å²) in [6.07, 6.45) is 3.49. The molecule has 2 aromatic rings. The molecule has 0 fully saturated rings. The molecule has 0 amide bonds. The van der Waals surface area contributed by atoms with Gasteiger partial charge in [-0.1, -0.05) is 30.3 Å². The van der Waals surface area contributed by atoms with Crippen LogP contribution in [0.4, 0.5) is 0 Å². The molecule has 0 unspecified atom stereocenters. The van der Waals surface area contributed by atoms with Gasteiger partial charge in [-0.15, -0.1) is 0 Å². The van der Waals surface area contributed by atoms with Crippen molar-refractivity contribution >= 4 is 5.84 Å². The summed E-state index contributed by atoms with van der Waals surface area (Å²) in [5.41, 5.74) is 7.15. The SMILES string of the molecule is N=C(N)c1ncccc1OCCCc1ccccc1. The minimum absolute atomic E-state index is 0.0707. The van der Waals surface area contributed by atoms with Crippen molar-refractivity contribution in [2.45, 2.75) is 12.8 Å². The fourth-order valence-corrected chi connectivity index (χ4v) is 1.81. The Labute approximate surface area is 112 Å². The summed E-state index contributed by atoms with van der Waals surface area (Å²) in [5, 5.41) is 7.43. The number of hydrogen-bond acceptors (Lipinski definition) is 3. The first-order chi connectivity index (χ1) is 9.27. The van der Waals surface area contributed by atoms with Gasteiger partial charge >= 0.3 is 0 Å². The number of hydrogen-bond donors (Lipinski definition) is 2. The molecule has 0 saturated carbocycles.